The van der Waals surface area contributed by atoms with Crippen molar-refractivity contribution in [2.75, 3.05) is 19.8 Å². The second kappa shape index (κ2) is 4.87. The Kier molecular flexibility index (Phi) is 3.28. The Morgan fingerprint density at radius 3 is 3.07 bits per heavy atom. The minimum absolute atomic E-state index is 0.119. The van der Waals surface area contributed by atoms with Gasteiger partial charge in [-0.25, -0.2) is 0 Å². The Balaban J connectivity index is 2.01. The minimum Gasteiger partial charge on any atom is -0.377 e. The highest BCUT2D eigenvalue weighted by molar-refractivity contribution is 5.10. The standard InChI is InChI=1S/C11H13N3O/c12-7-11-9-15-6-5-14(11)8-10-1-3-13-4-2-10/h1-4,11H,5-6,8-9H2. The van der Waals surface area contributed by atoms with Crippen LogP contribution >= 0.6 is 0 Å². The lowest BCUT2D eigenvalue weighted by atomic mass is 10.2. The number of ether oxygens (including phenoxy) is 1. The fourth-order valence-electron chi connectivity index (χ4n) is 1.67. The summed E-state index contributed by atoms with van der Waals surface area (Å²) in [5.41, 5.74) is 1.19. The average molecular weight is 203 g/mol. The maximum Gasteiger partial charge on any atom is 0.122 e. The van der Waals surface area contributed by atoms with Crippen molar-refractivity contribution in [2.24, 2.45) is 0 Å². The Bertz CT molecular complexity index is 347. The molecule has 4 heteroatoms. The van der Waals surface area contributed by atoms with Crippen molar-refractivity contribution in [3.05, 3.63) is 30.1 Å². The summed E-state index contributed by atoms with van der Waals surface area (Å²) in [7, 11) is 0. The van der Waals surface area contributed by atoms with Gasteiger partial charge >= 0.3 is 0 Å². The molecule has 0 aliphatic carbocycles. The van der Waals surface area contributed by atoms with Gasteiger partial charge in [-0.3, -0.25) is 9.88 Å². The van der Waals surface area contributed by atoms with Crippen LogP contribution in [0.5, 0.6) is 0 Å². The summed E-state index contributed by atoms with van der Waals surface area (Å²) < 4.78 is 5.26. The van der Waals surface area contributed by atoms with Crippen LogP contribution in [0.3, 0.4) is 0 Å². The van der Waals surface area contributed by atoms with Gasteiger partial charge in [0.05, 0.1) is 19.3 Å². The van der Waals surface area contributed by atoms with Crippen molar-refractivity contribution < 1.29 is 4.74 Å². The average Bonchev–Trinajstić information content (AvgIpc) is 2.31. The summed E-state index contributed by atoms with van der Waals surface area (Å²) in [5.74, 6) is 0. The monoisotopic (exact) mass is 203 g/mol. The van der Waals surface area contributed by atoms with Gasteiger partial charge in [0, 0.05) is 25.5 Å². The third-order valence-electron chi connectivity index (χ3n) is 2.52. The number of nitriles is 1. The van der Waals surface area contributed by atoms with Gasteiger partial charge in [-0.15, -0.1) is 0 Å². The first-order chi connectivity index (χ1) is 7.40. The van der Waals surface area contributed by atoms with E-state index in [0.29, 0.717) is 13.2 Å². The van der Waals surface area contributed by atoms with E-state index in [-0.39, 0.29) is 6.04 Å². The van der Waals surface area contributed by atoms with E-state index >= 15 is 0 Å². The van der Waals surface area contributed by atoms with Crippen LogP contribution in [0.15, 0.2) is 24.5 Å². The van der Waals surface area contributed by atoms with E-state index < -0.39 is 0 Å². The first kappa shape index (κ1) is 10.1. The van der Waals surface area contributed by atoms with Crippen LogP contribution in [0.25, 0.3) is 0 Å². The molecule has 0 saturated carbocycles. The van der Waals surface area contributed by atoms with E-state index in [2.05, 4.69) is 16.0 Å². The molecule has 0 spiro atoms. The van der Waals surface area contributed by atoms with E-state index in [1.165, 1.54) is 5.56 Å². The normalized spacial score (nSPS) is 22.2. The van der Waals surface area contributed by atoms with Gasteiger partial charge in [-0.1, -0.05) is 0 Å². The van der Waals surface area contributed by atoms with Gasteiger partial charge in [0.15, 0.2) is 0 Å². The molecule has 15 heavy (non-hydrogen) atoms. The van der Waals surface area contributed by atoms with Gasteiger partial charge in [0.25, 0.3) is 0 Å². The van der Waals surface area contributed by atoms with E-state index in [4.69, 9.17) is 10.00 Å². The topological polar surface area (TPSA) is 49.1 Å². The highest BCUT2D eigenvalue weighted by Gasteiger charge is 2.22. The first-order valence-corrected chi connectivity index (χ1v) is 5.00. The third kappa shape index (κ3) is 2.52. The Hall–Kier alpha value is -1.44. The molecular formula is C11H13N3O. The smallest absolute Gasteiger partial charge is 0.122 e. The van der Waals surface area contributed by atoms with Gasteiger partial charge in [0.1, 0.15) is 6.04 Å². The van der Waals surface area contributed by atoms with Gasteiger partial charge < -0.3 is 4.74 Å². The molecule has 4 nitrogen and oxygen atoms in total. The highest BCUT2D eigenvalue weighted by Crippen LogP contribution is 2.10. The van der Waals surface area contributed by atoms with Crippen LogP contribution in [0, 0.1) is 11.3 Å². The Morgan fingerprint density at radius 2 is 2.33 bits per heavy atom. The van der Waals surface area contributed by atoms with Crippen LogP contribution in [-0.4, -0.2) is 35.7 Å². The van der Waals surface area contributed by atoms with Crippen molar-refractivity contribution in [1.82, 2.24) is 9.88 Å². The fourth-order valence-corrected chi connectivity index (χ4v) is 1.67. The molecule has 1 atom stereocenters. The van der Waals surface area contributed by atoms with Crippen LogP contribution in [0.2, 0.25) is 0 Å². The number of hydrogen-bond acceptors (Lipinski definition) is 4. The molecular weight excluding hydrogens is 190 g/mol. The van der Waals surface area contributed by atoms with Gasteiger partial charge in [-0.05, 0) is 17.7 Å². The third-order valence-corrected chi connectivity index (χ3v) is 2.52. The fraction of sp³-hybridized carbons (Fsp3) is 0.455. The number of aromatic nitrogens is 1. The summed E-state index contributed by atoms with van der Waals surface area (Å²) >= 11 is 0. The zero-order valence-corrected chi connectivity index (χ0v) is 8.47. The quantitative estimate of drug-likeness (QED) is 0.713. The zero-order chi connectivity index (χ0) is 10.5. The molecule has 1 saturated heterocycles. The first-order valence-electron chi connectivity index (χ1n) is 5.00. The lowest BCUT2D eigenvalue weighted by Crippen LogP contribution is -2.43. The summed E-state index contributed by atoms with van der Waals surface area (Å²) in [4.78, 5) is 6.11. The van der Waals surface area contributed by atoms with E-state index in [1.54, 1.807) is 12.4 Å². The number of morpholine rings is 1. The maximum absolute atomic E-state index is 8.96. The molecule has 0 N–H and O–H groups in total. The maximum atomic E-state index is 8.96. The molecule has 1 aliphatic rings. The minimum atomic E-state index is -0.119. The largest absolute Gasteiger partial charge is 0.377 e. The summed E-state index contributed by atoms with van der Waals surface area (Å²) in [6, 6.07) is 6.09. The van der Waals surface area contributed by atoms with Crippen LogP contribution in [0.1, 0.15) is 5.56 Å². The molecule has 0 amide bonds. The molecule has 0 aromatic carbocycles. The van der Waals surface area contributed by atoms with Crippen molar-refractivity contribution in [3.8, 4) is 6.07 Å². The summed E-state index contributed by atoms with van der Waals surface area (Å²) in [6.45, 7) is 2.84. The lowest BCUT2D eigenvalue weighted by Gasteiger charge is -2.31. The molecule has 1 aromatic rings. The van der Waals surface area contributed by atoms with Gasteiger partial charge in [-0.2, -0.15) is 5.26 Å². The predicted molar refractivity (Wildman–Crippen MR) is 54.9 cm³/mol. The van der Waals surface area contributed by atoms with Crippen LogP contribution < -0.4 is 0 Å². The van der Waals surface area contributed by atoms with Crippen molar-refractivity contribution in [3.63, 3.8) is 0 Å². The van der Waals surface area contributed by atoms with Crippen molar-refractivity contribution >= 4 is 0 Å². The molecule has 0 radical (unpaired) electrons. The molecule has 1 fully saturated rings. The van der Waals surface area contributed by atoms with E-state index in [0.717, 1.165) is 13.1 Å². The Labute approximate surface area is 89.1 Å². The highest BCUT2D eigenvalue weighted by atomic mass is 16.5. The molecule has 1 aliphatic heterocycles. The van der Waals surface area contributed by atoms with Crippen LogP contribution in [0.4, 0.5) is 0 Å². The molecule has 2 heterocycles. The summed E-state index contributed by atoms with van der Waals surface area (Å²) in [6.07, 6.45) is 3.55. The Morgan fingerprint density at radius 1 is 1.53 bits per heavy atom. The molecule has 2 rings (SSSR count). The number of pyridine rings is 1. The second-order valence-electron chi connectivity index (χ2n) is 3.55. The van der Waals surface area contributed by atoms with E-state index in [1.807, 2.05) is 12.1 Å². The zero-order valence-electron chi connectivity index (χ0n) is 8.47. The number of nitrogens with zero attached hydrogens (tertiary/aromatic N) is 3. The van der Waals surface area contributed by atoms with E-state index in [9.17, 15) is 0 Å². The number of rotatable bonds is 2. The van der Waals surface area contributed by atoms with Crippen molar-refractivity contribution in [2.45, 2.75) is 12.6 Å². The molecule has 1 unspecified atom stereocenters. The molecule has 78 valence electrons. The second-order valence-corrected chi connectivity index (χ2v) is 3.55. The predicted octanol–water partition coefficient (Wildman–Crippen LogP) is 0.806. The molecule has 0 bridgehead atoms. The SMILES string of the molecule is N#CC1COCCN1Cc1ccncc1. The van der Waals surface area contributed by atoms with Crippen molar-refractivity contribution in [1.29, 1.82) is 5.26 Å². The molecule has 1 aromatic heterocycles. The van der Waals surface area contributed by atoms with Gasteiger partial charge in [0.2, 0.25) is 0 Å². The van der Waals surface area contributed by atoms with Crippen LogP contribution in [-0.2, 0) is 11.3 Å². The number of hydrogen-bond donors (Lipinski definition) is 0. The summed E-state index contributed by atoms with van der Waals surface area (Å²) in [5, 5.41) is 8.96. The lowest BCUT2D eigenvalue weighted by molar-refractivity contribution is 0.00888.